The Bertz CT molecular complexity index is 1050. The number of carbonyl (C=O) groups is 1. The average Bonchev–Trinajstić information content (AvgIpc) is 2.60. The van der Waals surface area contributed by atoms with Crippen LogP contribution < -0.4 is 10.3 Å². The molecule has 0 amide bonds. The number of benzene rings is 2. The van der Waals surface area contributed by atoms with Crippen molar-refractivity contribution in [1.82, 2.24) is 9.55 Å². The van der Waals surface area contributed by atoms with Crippen LogP contribution in [0.3, 0.4) is 0 Å². The predicted molar refractivity (Wildman–Crippen MR) is 100 cm³/mol. The van der Waals surface area contributed by atoms with Crippen molar-refractivity contribution >= 4 is 32.6 Å². The quantitative estimate of drug-likeness (QED) is 0.630. The van der Waals surface area contributed by atoms with Gasteiger partial charge in [0.25, 0.3) is 5.56 Å². The van der Waals surface area contributed by atoms with E-state index in [4.69, 9.17) is 4.74 Å². The van der Waals surface area contributed by atoms with E-state index in [2.05, 4.69) is 20.9 Å². The van der Waals surface area contributed by atoms with Crippen molar-refractivity contribution in [3.05, 3.63) is 68.9 Å². The highest BCUT2D eigenvalue weighted by atomic mass is 79.9. The molecule has 0 saturated heterocycles. The second-order valence-corrected chi connectivity index (χ2v) is 6.66. The first-order valence-corrected chi connectivity index (χ1v) is 8.80. The molecule has 0 aliphatic carbocycles. The summed E-state index contributed by atoms with van der Waals surface area (Å²) in [6.45, 7) is 3.49. The van der Waals surface area contributed by atoms with Crippen molar-refractivity contribution in [1.29, 1.82) is 0 Å². The Kier molecular flexibility index (Phi) is 5.18. The molecule has 0 aliphatic rings. The van der Waals surface area contributed by atoms with Crippen molar-refractivity contribution in [3.63, 3.8) is 0 Å². The third-order valence-electron chi connectivity index (χ3n) is 3.97. The van der Waals surface area contributed by atoms with E-state index in [1.807, 2.05) is 0 Å². The van der Waals surface area contributed by atoms with Gasteiger partial charge in [-0.2, -0.15) is 0 Å². The van der Waals surface area contributed by atoms with Gasteiger partial charge in [-0.25, -0.2) is 9.37 Å². The molecule has 3 rings (SSSR count). The van der Waals surface area contributed by atoms with E-state index >= 15 is 0 Å². The molecule has 3 aromatic rings. The highest BCUT2D eigenvalue weighted by Gasteiger charge is 2.25. The monoisotopic (exact) mass is 418 g/mol. The van der Waals surface area contributed by atoms with E-state index in [9.17, 15) is 14.0 Å². The van der Waals surface area contributed by atoms with Crippen LogP contribution in [0.2, 0.25) is 0 Å². The zero-order valence-electron chi connectivity index (χ0n) is 14.2. The number of fused-ring (bicyclic) bond motifs is 1. The van der Waals surface area contributed by atoms with Crippen molar-refractivity contribution in [2.75, 3.05) is 6.61 Å². The molecule has 1 heterocycles. The zero-order chi connectivity index (χ0) is 18.8. The molecule has 0 aliphatic heterocycles. The van der Waals surface area contributed by atoms with Crippen molar-refractivity contribution < 1.29 is 13.9 Å². The van der Waals surface area contributed by atoms with Crippen LogP contribution in [-0.4, -0.2) is 21.9 Å². The summed E-state index contributed by atoms with van der Waals surface area (Å²) in [4.78, 5) is 29.6. The smallest absolute Gasteiger partial charge is 0.262 e. The maximum Gasteiger partial charge on any atom is 0.262 e. The number of rotatable bonds is 5. The Hall–Kier alpha value is -2.54. The lowest BCUT2D eigenvalue weighted by molar-refractivity contribution is -0.119. The van der Waals surface area contributed by atoms with Crippen LogP contribution in [-0.2, 0) is 4.79 Å². The van der Waals surface area contributed by atoms with Gasteiger partial charge in [-0.05, 0) is 50.2 Å². The molecule has 1 unspecified atom stereocenters. The predicted octanol–water partition coefficient (Wildman–Crippen LogP) is 3.88. The minimum absolute atomic E-state index is 0.289. The number of ether oxygens (including phenoxy) is 1. The number of ketones is 1. The number of nitrogens with zero attached hydrogens (tertiary/aromatic N) is 2. The molecule has 0 N–H and O–H groups in total. The Morgan fingerprint density at radius 1 is 1.31 bits per heavy atom. The number of halogens is 2. The lowest BCUT2D eigenvalue weighted by Gasteiger charge is -2.20. The van der Waals surface area contributed by atoms with Gasteiger partial charge >= 0.3 is 0 Å². The highest BCUT2D eigenvalue weighted by molar-refractivity contribution is 9.10. The van der Waals surface area contributed by atoms with E-state index in [-0.39, 0.29) is 16.9 Å². The molecule has 0 radical (unpaired) electrons. The van der Waals surface area contributed by atoms with Crippen molar-refractivity contribution in [2.24, 2.45) is 0 Å². The largest absolute Gasteiger partial charge is 0.493 e. The molecule has 1 aromatic heterocycles. The summed E-state index contributed by atoms with van der Waals surface area (Å²) in [5, 5.41) is 0.363. The number of Topliss-reactive ketones (excluding diaryl/α,β-unsaturated/α-hetero) is 1. The van der Waals surface area contributed by atoms with Crippen molar-refractivity contribution in [2.45, 2.75) is 19.9 Å². The highest BCUT2D eigenvalue weighted by Crippen LogP contribution is 2.29. The molecule has 2 aromatic carbocycles. The van der Waals surface area contributed by atoms with Crippen LogP contribution in [0, 0.1) is 5.82 Å². The lowest BCUT2D eigenvalue weighted by atomic mass is 10.0. The second-order valence-electron chi connectivity index (χ2n) is 5.75. The van der Waals surface area contributed by atoms with Crippen LogP contribution in [0.4, 0.5) is 4.39 Å². The number of hydrogen-bond acceptors (Lipinski definition) is 4. The summed E-state index contributed by atoms with van der Waals surface area (Å²) in [6.07, 6.45) is 1.31. The third kappa shape index (κ3) is 3.39. The summed E-state index contributed by atoms with van der Waals surface area (Å²) >= 11 is 3.33. The summed E-state index contributed by atoms with van der Waals surface area (Å²) in [6, 6.07) is 8.03. The van der Waals surface area contributed by atoms with E-state index in [0.29, 0.717) is 23.3 Å². The van der Waals surface area contributed by atoms with Gasteiger partial charge in [-0.15, -0.1) is 0 Å². The topological polar surface area (TPSA) is 61.2 Å². The summed E-state index contributed by atoms with van der Waals surface area (Å²) in [5.41, 5.74) is 0.418. The van der Waals surface area contributed by atoms with Gasteiger partial charge in [0, 0.05) is 10.0 Å². The summed E-state index contributed by atoms with van der Waals surface area (Å²) in [7, 11) is 0. The Morgan fingerprint density at radius 3 is 2.77 bits per heavy atom. The van der Waals surface area contributed by atoms with Gasteiger partial charge in [0.15, 0.2) is 5.78 Å². The molecule has 0 bridgehead atoms. The van der Waals surface area contributed by atoms with E-state index in [1.165, 1.54) is 36.0 Å². The van der Waals surface area contributed by atoms with Crippen LogP contribution in [0.5, 0.6) is 5.75 Å². The van der Waals surface area contributed by atoms with Gasteiger partial charge in [-0.3, -0.25) is 14.2 Å². The lowest BCUT2D eigenvalue weighted by Crippen LogP contribution is -2.30. The Balaban J connectivity index is 2.27. The zero-order valence-corrected chi connectivity index (χ0v) is 15.8. The molecule has 7 heteroatoms. The molecule has 26 heavy (non-hydrogen) atoms. The Labute approximate surface area is 157 Å². The fraction of sp³-hybridized carbons (Fsp3) is 0.211. The normalized spacial score (nSPS) is 12.2. The molecule has 1 atom stereocenters. The standard InChI is InChI=1S/C19H16BrFN2O3/c1-3-26-17-7-5-13(21)9-15(17)18(11(2)24)23-10-22-16-6-4-12(20)8-14(16)19(23)25/h4-10,18H,3H2,1-2H3. The first-order chi connectivity index (χ1) is 12.4. The number of hydrogen-bond donors (Lipinski definition) is 0. The molecule has 0 spiro atoms. The van der Waals surface area contributed by atoms with Gasteiger partial charge in [-0.1, -0.05) is 15.9 Å². The first-order valence-electron chi connectivity index (χ1n) is 8.01. The maximum atomic E-state index is 13.9. The van der Waals surface area contributed by atoms with Crippen LogP contribution >= 0.6 is 15.9 Å². The SMILES string of the molecule is CCOc1ccc(F)cc1C(C(C)=O)n1cnc2ccc(Br)cc2c1=O. The minimum Gasteiger partial charge on any atom is -0.493 e. The number of aromatic nitrogens is 2. The van der Waals surface area contributed by atoms with E-state index in [0.717, 1.165) is 4.47 Å². The second kappa shape index (κ2) is 7.37. The summed E-state index contributed by atoms with van der Waals surface area (Å²) in [5.74, 6) is -0.482. The Morgan fingerprint density at radius 2 is 2.08 bits per heavy atom. The molecule has 0 fully saturated rings. The van der Waals surface area contributed by atoms with E-state index in [1.54, 1.807) is 25.1 Å². The van der Waals surface area contributed by atoms with E-state index < -0.39 is 11.9 Å². The van der Waals surface area contributed by atoms with Gasteiger partial charge in [0.2, 0.25) is 0 Å². The van der Waals surface area contributed by atoms with Gasteiger partial charge in [0.05, 0.1) is 23.8 Å². The minimum atomic E-state index is -1.03. The van der Waals surface area contributed by atoms with Crippen molar-refractivity contribution in [3.8, 4) is 5.75 Å². The van der Waals surface area contributed by atoms with Crippen LogP contribution in [0.15, 0.2) is 52.0 Å². The fourth-order valence-corrected chi connectivity index (χ4v) is 3.24. The van der Waals surface area contributed by atoms with Gasteiger partial charge in [0.1, 0.15) is 17.6 Å². The van der Waals surface area contributed by atoms with Gasteiger partial charge < -0.3 is 4.74 Å². The third-order valence-corrected chi connectivity index (χ3v) is 4.47. The first kappa shape index (κ1) is 18.3. The number of carbonyl (C=O) groups excluding carboxylic acids is 1. The molecule has 0 saturated carbocycles. The molecular formula is C19H16BrFN2O3. The molecule has 134 valence electrons. The fourth-order valence-electron chi connectivity index (χ4n) is 2.88. The van der Waals surface area contributed by atoms with Crippen LogP contribution in [0.25, 0.3) is 10.9 Å². The average molecular weight is 419 g/mol. The molecular weight excluding hydrogens is 403 g/mol. The molecule has 5 nitrogen and oxygen atoms in total. The maximum absolute atomic E-state index is 13.9. The van der Waals surface area contributed by atoms with Crippen LogP contribution in [0.1, 0.15) is 25.5 Å². The summed E-state index contributed by atoms with van der Waals surface area (Å²) < 4.78 is 21.3.